The molecule has 0 bridgehead atoms. The Kier molecular flexibility index (Phi) is 5.72. The number of anilines is 1. The van der Waals surface area contributed by atoms with Crippen molar-refractivity contribution in [2.24, 2.45) is 7.05 Å². The molecule has 4 rings (SSSR count). The van der Waals surface area contributed by atoms with Crippen molar-refractivity contribution < 1.29 is 14.3 Å². The number of fused-ring (bicyclic) bond motifs is 1. The second-order valence-corrected chi connectivity index (χ2v) is 8.91. The maximum atomic E-state index is 12.9. The number of ether oxygens (including phenoxy) is 1. The van der Waals surface area contributed by atoms with E-state index in [9.17, 15) is 9.59 Å². The average molecular weight is 424 g/mol. The molecule has 2 heterocycles. The first kappa shape index (κ1) is 20.3. The third-order valence-electron chi connectivity index (χ3n) is 5.36. The number of nitrogens with one attached hydrogen (secondary N) is 1. The van der Waals surface area contributed by atoms with E-state index in [1.807, 2.05) is 19.9 Å². The molecular weight excluding hydrogens is 398 g/mol. The van der Waals surface area contributed by atoms with Crippen LogP contribution in [0.1, 0.15) is 63.0 Å². The summed E-state index contributed by atoms with van der Waals surface area (Å²) in [6.45, 7) is 3.66. The minimum absolute atomic E-state index is 0.227. The van der Waals surface area contributed by atoms with Gasteiger partial charge in [-0.3, -0.25) is 9.48 Å². The summed E-state index contributed by atoms with van der Waals surface area (Å²) in [4.78, 5) is 26.8. The van der Waals surface area contributed by atoms with Crippen molar-refractivity contribution in [3.05, 3.63) is 69.9 Å². The number of esters is 1. The zero-order valence-electron chi connectivity index (χ0n) is 17.3. The zero-order valence-corrected chi connectivity index (χ0v) is 18.2. The van der Waals surface area contributed by atoms with Crippen LogP contribution in [-0.2, 0) is 24.6 Å². The Morgan fingerprint density at radius 2 is 2.00 bits per heavy atom. The van der Waals surface area contributed by atoms with E-state index in [0.29, 0.717) is 22.2 Å². The number of carbonyl (C=O) groups excluding carboxylic acids is 2. The fourth-order valence-electron chi connectivity index (χ4n) is 3.94. The number of hydrogen-bond donors (Lipinski definition) is 1. The Morgan fingerprint density at radius 3 is 2.67 bits per heavy atom. The molecule has 1 aromatic carbocycles. The highest BCUT2D eigenvalue weighted by molar-refractivity contribution is 7.17. The predicted octanol–water partition coefficient (Wildman–Crippen LogP) is 4.57. The highest BCUT2D eigenvalue weighted by atomic mass is 32.1. The van der Waals surface area contributed by atoms with E-state index in [2.05, 4.69) is 34.7 Å². The first-order valence-electron chi connectivity index (χ1n) is 10.1. The first-order chi connectivity index (χ1) is 14.4. The van der Waals surface area contributed by atoms with Crippen molar-refractivity contribution in [2.45, 2.75) is 45.1 Å². The number of carbonyl (C=O) groups is 2. The third-order valence-corrected chi connectivity index (χ3v) is 6.53. The molecular formula is C23H25N3O3S. The zero-order chi connectivity index (χ0) is 21.3. The molecule has 1 aliphatic rings. The van der Waals surface area contributed by atoms with Gasteiger partial charge < -0.3 is 10.1 Å². The Bertz CT molecular complexity index is 1070. The van der Waals surface area contributed by atoms with Gasteiger partial charge >= 0.3 is 5.97 Å². The predicted molar refractivity (Wildman–Crippen MR) is 117 cm³/mol. The van der Waals surface area contributed by atoms with Crippen LogP contribution in [0, 0.1) is 0 Å². The molecule has 0 saturated carbocycles. The average Bonchev–Trinajstić information content (AvgIpc) is 3.30. The summed E-state index contributed by atoms with van der Waals surface area (Å²) in [5.74, 6) is -0.250. The lowest BCUT2D eigenvalue weighted by molar-refractivity contribution is 0.0378. The van der Waals surface area contributed by atoms with Crippen molar-refractivity contribution in [3.63, 3.8) is 0 Å². The number of aryl methyl sites for hydroxylation is 1. The van der Waals surface area contributed by atoms with Crippen molar-refractivity contribution >= 4 is 28.2 Å². The molecule has 0 radical (unpaired) electrons. The van der Waals surface area contributed by atoms with Crippen LogP contribution < -0.4 is 5.32 Å². The molecule has 156 valence electrons. The number of aromatic nitrogens is 2. The molecule has 0 saturated heterocycles. The van der Waals surface area contributed by atoms with Crippen LogP contribution in [0.15, 0.2) is 42.6 Å². The molecule has 3 aromatic rings. The van der Waals surface area contributed by atoms with Crippen LogP contribution in [0.4, 0.5) is 5.00 Å². The van der Waals surface area contributed by atoms with E-state index in [-0.39, 0.29) is 18.0 Å². The first-order valence-corrected chi connectivity index (χ1v) is 11.0. The smallest absolute Gasteiger partial charge is 0.341 e. The highest BCUT2D eigenvalue weighted by Gasteiger charge is 2.31. The summed E-state index contributed by atoms with van der Waals surface area (Å²) < 4.78 is 7.02. The lowest BCUT2D eigenvalue weighted by atomic mass is 9.83. The molecule has 0 fully saturated rings. The lowest BCUT2D eigenvalue weighted by Crippen LogP contribution is -2.20. The van der Waals surface area contributed by atoms with Crippen molar-refractivity contribution in [2.75, 3.05) is 5.32 Å². The van der Waals surface area contributed by atoms with Gasteiger partial charge in [0.05, 0.1) is 11.7 Å². The summed E-state index contributed by atoms with van der Waals surface area (Å²) in [7, 11) is 1.72. The van der Waals surface area contributed by atoms with Gasteiger partial charge in [-0.25, -0.2) is 4.79 Å². The molecule has 0 unspecified atom stereocenters. The number of hydrogen-bond acceptors (Lipinski definition) is 5. The van der Waals surface area contributed by atoms with Crippen LogP contribution in [0.2, 0.25) is 0 Å². The fraction of sp³-hybridized carbons (Fsp3) is 0.348. The molecule has 1 amide bonds. The summed E-state index contributed by atoms with van der Waals surface area (Å²) >= 11 is 1.48. The topological polar surface area (TPSA) is 73.2 Å². The van der Waals surface area contributed by atoms with E-state index < -0.39 is 0 Å². The van der Waals surface area contributed by atoms with Crippen molar-refractivity contribution in [1.82, 2.24) is 9.78 Å². The van der Waals surface area contributed by atoms with Gasteiger partial charge in [0.25, 0.3) is 5.91 Å². The number of thiophene rings is 1. The van der Waals surface area contributed by atoms with E-state index in [0.717, 1.165) is 29.7 Å². The SMILES string of the molecule is CC(C)OC(=O)c1c(NC(=O)c2ccnn2C)sc2c1CC[C@H](c1ccccc1)C2. The lowest BCUT2D eigenvalue weighted by Gasteiger charge is -2.23. The molecule has 1 atom stereocenters. The van der Waals surface area contributed by atoms with Crippen LogP contribution in [0.25, 0.3) is 0 Å². The molecule has 7 heteroatoms. The summed E-state index contributed by atoms with van der Waals surface area (Å²) in [6, 6.07) is 12.1. The second kappa shape index (κ2) is 8.44. The fourth-order valence-corrected chi connectivity index (χ4v) is 5.25. The van der Waals surface area contributed by atoms with Gasteiger partial charge in [-0.2, -0.15) is 5.10 Å². The molecule has 0 spiro atoms. The van der Waals surface area contributed by atoms with Crippen molar-refractivity contribution in [3.8, 4) is 0 Å². The number of rotatable bonds is 5. The van der Waals surface area contributed by atoms with Crippen LogP contribution >= 0.6 is 11.3 Å². The molecule has 0 aliphatic heterocycles. The molecule has 1 aliphatic carbocycles. The Hall–Kier alpha value is -2.93. The minimum atomic E-state index is -0.374. The Balaban J connectivity index is 1.67. The van der Waals surface area contributed by atoms with E-state index in [1.54, 1.807) is 19.3 Å². The molecule has 2 aromatic heterocycles. The monoisotopic (exact) mass is 423 g/mol. The molecule has 6 nitrogen and oxygen atoms in total. The summed E-state index contributed by atoms with van der Waals surface area (Å²) in [5.41, 5.74) is 3.26. The van der Waals surface area contributed by atoms with Crippen LogP contribution in [0.3, 0.4) is 0 Å². The van der Waals surface area contributed by atoms with Gasteiger partial charge in [-0.15, -0.1) is 11.3 Å². The van der Waals surface area contributed by atoms with Gasteiger partial charge in [0.15, 0.2) is 0 Å². The van der Waals surface area contributed by atoms with Gasteiger partial charge in [-0.05, 0) is 56.2 Å². The maximum Gasteiger partial charge on any atom is 0.341 e. The normalized spacial score (nSPS) is 15.7. The minimum Gasteiger partial charge on any atom is -0.459 e. The van der Waals surface area contributed by atoms with Gasteiger partial charge in [0, 0.05) is 18.1 Å². The second-order valence-electron chi connectivity index (χ2n) is 7.81. The maximum absolute atomic E-state index is 12.9. The van der Waals surface area contributed by atoms with E-state index in [4.69, 9.17) is 4.74 Å². The van der Waals surface area contributed by atoms with Gasteiger partial charge in [0.2, 0.25) is 0 Å². The van der Waals surface area contributed by atoms with Crippen LogP contribution in [-0.4, -0.2) is 27.8 Å². The third kappa shape index (κ3) is 4.03. The van der Waals surface area contributed by atoms with Crippen LogP contribution in [0.5, 0.6) is 0 Å². The molecule has 30 heavy (non-hydrogen) atoms. The number of amides is 1. The van der Waals surface area contributed by atoms with Gasteiger partial charge in [-0.1, -0.05) is 30.3 Å². The van der Waals surface area contributed by atoms with Gasteiger partial charge in [0.1, 0.15) is 10.7 Å². The number of nitrogens with zero attached hydrogens (tertiary/aromatic N) is 2. The van der Waals surface area contributed by atoms with E-state index >= 15 is 0 Å². The quantitative estimate of drug-likeness (QED) is 0.610. The van der Waals surface area contributed by atoms with E-state index in [1.165, 1.54) is 21.6 Å². The standard InChI is InChI=1S/C23H25N3O3S/c1-14(2)29-23(28)20-17-10-9-16(15-7-5-4-6-8-15)13-19(17)30-22(20)25-21(27)18-11-12-24-26(18)3/h4-8,11-12,14,16H,9-10,13H2,1-3H3,(H,25,27)/t16-/m0/s1. The Labute approximate surface area is 179 Å². The summed E-state index contributed by atoms with van der Waals surface area (Å²) in [5, 5.41) is 7.55. The highest BCUT2D eigenvalue weighted by Crippen LogP contribution is 2.43. The molecule has 1 N–H and O–H groups in total. The van der Waals surface area contributed by atoms with Crippen molar-refractivity contribution in [1.29, 1.82) is 0 Å². The largest absolute Gasteiger partial charge is 0.459 e. The Morgan fingerprint density at radius 1 is 1.23 bits per heavy atom. The summed E-state index contributed by atoms with van der Waals surface area (Å²) in [6.07, 6.45) is 3.95. The number of benzene rings is 1.